The van der Waals surface area contributed by atoms with Crippen molar-refractivity contribution in [2.75, 3.05) is 14.1 Å². The highest BCUT2D eigenvalue weighted by Gasteiger charge is 2.32. The molecule has 0 bridgehead atoms. The normalized spacial score (nSPS) is 18.1. The van der Waals surface area contributed by atoms with Gasteiger partial charge in [-0.3, -0.25) is 9.69 Å². The lowest BCUT2D eigenvalue weighted by atomic mass is 10.1. The van der Waals surface area contributed by atoms with Crippen LogP contribution >= 0.6 is 12.2 Å². The van der Waals surface area contributed by atoms with Crippen LogP contribution in [0.5, 0.6) is 0 Å². The number of thiocarbonyl (C=S) groups is 1. The van der Waals surface area contributed by atoms with Gasteiger partial charge in [0.25, 0.3) is 5.91 Å². The summed E-state index contributed by atoms with van der Waals surface area (Å²) < 4.78 is 0. The Morgan fingerprint density at radius 3 is 2.22 bits per heavy atom. The topological polar surface area (TPSA) is 23.6 Å². The van der Waals surface area contributed by atoms with Crippen LogP contribution in [0.1, 0.15) is 18.1 Å². The van der Waals surface area contributed by atoms with E-state index < -0.39 is 0 Å². The van der Waals surface area contributed by atoms with Gasteiger partial charge in [0, 0.05) is 14.1 Å². The van der Waals surface area contributed by atoms with Gasteiger partial charge in [0.15, 0.2) is 5.11 Å². The molecule has 1 aromatic carbocycles. The summed E-state index contributed by atoms with van der Waals surface area (Å²) in [5, 5.41) is 0.538. The number of rotatable bonds is 2. The highest BCUT2D eigenvalue weighted by molar-refractivity contribution is 7.80. The zero-order chi connectivity index (χ0) is 13.3. The van der Waals surface area contributed by atoms with Crippen LogP contribution in [0, 0.1) is 0 Å². The largest absolute Gasteiger partial charge is 0.317 e. The van der Waals surface area contributed by atoms with Crippen molar-refractivity contribution in [1.82, 2.24) is 9.80 Å². The van der Waals surface area contributed by atoms with E-state index in [1.165, 1.54) is 10.5 Å². The van der Waals surface area contributed by atoms with Crippen LogP contribution in [0.15, 0.2) is 30.0 Å². The fourth-order valence-electron chi connectivity index (χ4n) is 1.90. The first-order chi connectivity index (χ1) is 8.54. The third-order valence-electron chi connectivity index (χ3n) is 3.15. The van der Waals surface area contributed by atoms with Gasteiger partial charge in [0.05, 0.1) is 0 Å². The summed E-state index contributed by atoms with van der Waals surface area (Å²) in [6.45, 7) is 2.12. The predicted molar refractivity (Wildman–Crippen MR) is 76.9 cm³/mol. The lowest BCUT2D eigenvalue weighted by Gasteiger charge is -2.11. The second kappa shape index (κ2) is 4.90. The Labute approximate surface area is 113 Å². The minimum atomic E-state index is -0.0536. The van der Waals surface area contributed by atoms with Crippen LogP contribution in [-0.2, 0) is 11.2 Å². The van der Waals surface area contributed by atoms with Gasteiger partial charge in [-0.15, -0.1) is 0 Å². The summed E-state index contributed by atoms with van der Waals surface area (Å²) >= 11 is 5.16. The zero-order valence-electron chi connectivity index (χ0n) is 10.8. The van der Waals surface area contributed by atoms with Crippen LogP contribution in [0.2, 0.25) is 0 Å². The van der Waals surface area contributed by atoms with Crippen molar-refractivity contribution in [1.29, 1.82) is 0 Å². The van der Waals surface area contributed by atoms with Crippen molar-refractivity contribution in [3.8, 4) is 0 Å². The highest BCUT2D eigenvalue weighted by atomic mass is 32.1. The summed E-state index contributed by atoms with van der Waals surface area (Å²) in [6, 6.07) is 8.20. The Morgan fingerprint density at radius 1 is 1.17 bits per heavy atom. The first-order valence-corrected chi connectivity index (χ1v) is 6.31. The molecule has 1 saturated heterocycles. The van der Waals surface area contributed by atoms with Crippen molar-refractivity contribution < 1.29 is 4.79 Å². The number of nitrogens with zero attached hydrogens (tertiary/aromatic N) is 2. The van der Waals surface area contributed by atoms with E-state index in [1.807, 2.05) is 25.3 Å². The molecule has 4 heteroatoms. The van der Waals surface area contributed by atoms with Crippen molar-refractivity contribution in [2.24, 2.45) is 0 Å². The molecule has 18 heavy (non-hydrogen) atoms. The van der Waals surface area contributed by atoms with E-state index in [2.05, 4.69) is 19.1 Å². The summed E-state index contributed by atoms with van der Waals surface area (Å²) in [7, 11) is 3.51. The third kappa shape index (κ3) is 2.16. The van der Waals surface area contributed by atoms with Gasteiger partial charge in [-0.1, -0.05) is 31.2 Å². The lowest BCUT2D eigenvalue weighted by Crippen LogP contribution is -2.26. The van der Waals surface area contributed by atoms with E-state index >= 15 is 0 Å². The molecule has 1 heterocycles. The standard InChI is InChI=1S/C14H16N2OS/c1-4-10-5-7-11(8-6-10)9-12-13(17)16(3)14(18)15(12)2/h5-9H,4H2,1-3H3/b12-9+. The van der Waals surface area contributed by atoms with Gasteiger partial charge < -0.3 is 4.90 Å². The molecule has 1 fully saturated rings. The van der Waals surface area contributed by atoms with Crippen molar-refractivity contribution in [3.05, 3.63) is 41.1 Å². The van der Waals surface area contributed by atoms with Gasteiger partial charge in [0.1, 0.15) is 5.70 Å². The number of hydrogen-bond donors (Lipinski definition) is 0. The second-order valence-electron chi connectivity index (χ2n) is 4.33. The number of carbonyl (C=O) groups is 1. The highest BCUT2D eigenvalue weighted by Crippen LogP contribution is 2.20. The van der Waals surface area contributed by atoms with Crippen LogP contribution < -0.4 is 0 Å². The Balaban J connectivity index is 2.32. The molecule has 0 spiro atoms. The first-order valence-electron chi connectivity index (χ1n) is 5.91. The molecular weight excluding hydrogens is 244 g/mol. The van der Waals surface area contributed by atoms with Gasteiger partial charge in [0.2, 0.25) is 0 Å². The Hall–Kier alpha value is -1.68. The smallest absolute Gasteiger partial charge is 0.276 e. The molecule has 0 N–H and O–H groups in total. The Kier molecular flexibility index (Phi) is 3.48. The van der Waals surface area contributed by atoms with Crippen LogP contribution in [-0.4, -0.2) is 34.9 Å². The van der Waals surface area contributed by atoms with Crippen molar-refractivity contribution in [3.63, 3.8) is 0 Å². The van der Waals surface area contributed by atoms with Gasteiger partial charge in [-0.05, 0) is 35.8 Å². The van der Waals surface area contributed by atoms with Crippen LogP contribution in [0.4, 0.5) is 0 Å². The van der Waals surface area contributed by atoms with E-state index in [4.69, 9.17) is 12.2 Å². The SMILES string of the molecule is CCc1ccc(/C=C2\C(=O)N(C)C(=S)N2C)cc1. The lowest BCUT2D eigenvalue weighted by molar-refractivity contribution is -0.121. The predicted octanol–water partition coefficient (Wildman–Crippen LogP) is 2.28. The quantitative estimate of drug-likeness (QED) is 0.602. The molecule has 2 rings (SSSR count). The molecule has 1 aliphatic heterocycles. The van der Waals surface area contributed by atoms with E-state index in [0.717, 1.165) is 12.0 Å². The zero-order valence-corrected chi connectivity index (χ0v) is 11.6. The molecule has 1 aliphatic rings. The molecule has 0 unspecified atom stereocenters. The molecule has 94 valence electrons. The number of likely N-dealkylation sites (N-methyl/N-ethyl adjacent to an activating group) is 2. The molecule has 0 saturated carbocycles. The van der Waals surface area contributed by atoms with Gasteiger partial charge >= 0.3 is 0 Å². The maximum atomic E-state index is 12.0. The summed E-state index contributed by atoms with van der Waals surface area (Å²) in [6.07, 6.45) is 2.89. The number of amides is 1. The molecule has 1 amide bonds. The molecule has 0 aromatic heterocycles. The average molecular weight is 260 g/mol. The number of benzene rings is 1. The Morgan fingerprint density at radius 2 is 1.78 bits per heavy atom. The van der Waals surface area contributed by atoms with Crippen LogP contribution in [0.25, 0.3) is 6.08 Å². The fraction of sp³-hybridized carbons (Fsp3) is 0.286. The Bertz CT molecular complexity index is 519. The second-order valence-corrected chi connectivity index (χ2v) is 4.70. The minimum absolute atomic E-state index is 0.0536. The molecular formula is C14H16N2OS. The number of carbonyl (C=O) groups excluding carboxylic acids is 1. The summed E-state index contributed by atoms with van der Waals surface area (Å²) in [5.41, 5.74) is 2.92. The van der Waals surface area contributed by atoms with Crippen LogP contribution in [0.3, 0.4) is 0 Å². The fourth-order valence-corrected chi connectivity index (χ4v) is 2.08. The van der Waals surface area contributed by atoms with E-state index in [9.17, 15) is 4.79 Å². The summed E-state index contributed by atoms with van der Waals surface area (Å²) in [5.74, 6) is -0.0536. The maximum Gasteiger partial charge on any atom is 0.276 e. The molecule has 3 nitrogen and oxygen atoms in total. The maximum absolute atomic E-state index is 12.0. The first kappa shape index (κ1) is 12.8. The monoisotopic (exact) mass is 260 g/mol. The van der Waals surface area contributed by atoms with E-state index in [0.29, 0.717) is 10.8 Å². The average Bonchev–Trinajstić information content (AvgIpc) is 2.57. The van der Waals surface area contributed by atoms with E-state index in [-0.39, 0.29) is 5.91 Å². The summed E-state index contributed by atoms with van der Waals surface area (Å²) in [4.78, 5) is 15.2. The van der Waals surface area contributed by atoms with Crippen molar-refractivity contribution in [2.45, 2.75) is 13.3 Å². The van der Waals surface area contributed by atoms with Crippen molar-refractivity contribution >= 4 is 29.3 Å². The minimum Gasteiger partial charge on any atom is -0.317 e. The molecule has 1 aromatic rings. The molecule has 0 atom stereocenters. The van der Waals surface area contributed by atoms with E-state index in [1.54, 1.807) is 11.9 Å². The third-order valence-corrected chi connectivity index (χ3v) is 3.70. The molecule has 0 aliphatic carbocycles. The number of hydrogen-bond acceptors (Lipinski definition) is 2. The van der Waals surface area contributed by atoms with Gasteiger partial charge in [-0.2, -0.15) is 0 Å². The molecule has 0 radical (unpaired) electrons. The number of aryl methyl sites for hydroxylation is 1. The van der Waals surface area contributed by atoms with Gasteiger partial charge in [-0.25, -0.2) is 0 Å².